The summed E-state index contributed by atoms with van der Waals surface area (Å²) < 4.78 is 14.2. The number of halogens is 1. The predicted molar refractivity (Wildman–Crippen MR) is 158 cm³/mol. The second kappa shape index (κ2) is 12.3. The topological polar surface area (TPSA) is 0 Å². The first-order chi connectivity index (χ1) is 17.7. The van der Waals surface area contributed by atoms with Crippen LogP contribution in [0.5, 0.6) is 0 Å². The summed E-state index contributed by atoms with van der Waals surface area (Å²) in [6.07, 6.45) is 6.55. The molecule has 0 amide bonds. The van der Waals surface area contributed by atoms with Crippen LogP contribution in [0.4, 0.5) is 4.39 Å². The van der Waals surface area contributed by atoms with E-state index in [2.05, 4.69) is 111 Å². The van der Waals surface area contributed by atoms with Crippen molar-refractivity contribution in [2.75, 3.05) is 0 Å². The number of rotatable bonds is 1. The zero-order valence-corrected chi connectivity index (χ0v) is 27.0. The summed E-state index contributed by atoms with van der Waals surface area (Å²) in [4.78, 5) is 0. The summed E-state index contributed by atoms with van der Waals surface area (Å²) in [5, 5.41) is 0. The second-order valence-electron chi connectivity index (χ2n) is 12.4. The first-order valence-corrected chi connectivity index (χ1v) is 14.8. The number of hydrogen-bond acceptors (Lipinski definition) is 0. The van der Waals surface area contributed by atoms with Gasteiger partial charge >= 0.3 is 68.0 Å². The molecule has 0 saturated carbocycles. The Hall–Kier alpha value is -2.18. The van der Waals surface area contributed by atoms with Crippen molar-refractivity contribution < 1.29 is 28.6 Å². The van der Waals surface area contributed by atoms with Crippen molar-refractivity contribution in [3.8, 4) is 11.1 Å². The van der Waals surface area contributed by atoms with Crippen LogP contribution in [-0.2, 0) is 41.5 Å². The van der Waals surface area contributed by atoms with Gasteiger partial charge < -0.3 is 0 Å². The van der Waals surface area contributed by atoms with Gasteiger partial charge in [-0.3, -0.25) is 6.08 Å². The maximum atomic E-state index is 12.2. The van der Waals surface area contributed by atoms with Gasteiger partial charge in [-0.2, -0.15) is 35.4 Å². The van der Waals surface area contributed by atoms with Crippen molar-refractivity contribution in [1.82, 2.24) is 0 Å². The molecule has 0 nitrogen and oxygen atoms in total. The van der Waals surface area contributed by atoms with E-state index >= 15 is 0 Å². The van der Waals surface area contributed by atoms with Crippen molar-refractivity contribution in [2.24, 2.45) is 5.92 Å². The van der Waals surface area contributed by atoms with Gasteiger partial charge in [-0.05, 0) is 17.4 Å². The molecule has 2 aliphatic carbocycles. The van der Waals surface area contributed by atoms with Gasteiger partial charge in [0.25, 0.3) is 0 Å². The molecule has 5 rings (SSSR count). The SMILES string of the molecule is CC(C)(C)c1c[c-]c2c(c1)-c1cc(C(C)(C)C)ccc1C2.CC1=[C-]C(C)C=C1C.Fc1ccc([CH]=[Zr+2])cc1. The first-order valence-electron chi connectivity index (χ1n) is 13.4. The molecular formula is C36H41FZr. The fourth-order valence-electron chi connectivity index (χ4n) is 4.54. The number of fused-ring (bicyclic) bond motifs is 3. The maximum absolute atomic E-state index is 12.2. The van der Waals surface area contributed by atoms with Crippen LogP contribution in [0, 0.1) is 23.9 Å². The van der Waals surface area contributed by atoms with Gasteiger partial charge in [0.15, 0.2) is 0 Å². The van der Waals surface area contributed by atoms with Crippen LogP contribution in [-0.4, -0.2) is 3.71 Å². The third kappa shape index (κ3) is 7.92. The van der Waals surface area contributed by atoms with Crippen LogP contribution in [0.2, 0.25) is 0 Å². The zero-order valence-electron chi connectivity index (χ0n) is 24.5. The molecular weight excluding hydrogens is 543 g/mol. The average molecular weight is 584 g/mol. The van der Waals surface area contributed by atoms with Crippen molar-refractivity contribution >= 4 is 3.71 Å². The molecule has 0 saturated heterocycles. The molecule has 38 heavy (non-hydrogen) atoms. The van der Waals surface area contributed by atoms with E-state index in [4.69, 9.17) is 0 Å². The molecule has 0 aliphatic heterocycles. The molecule has 0 heterocycles. The van der Waals surface area contributed by atoms with Gasteiger partial charge in [-0.25, -0.2) is 11.1 Å². The normalized spacial score (nSPS) is 15.7. The van der Waals surface area contributed by atoms with Gasteiger partial charge in [-0.1, -0.05) is 96.0 Å². The van der Waals surface area contributed by atoms with E-state index in [1.54, 1.807) is 12.1 Å². The predicted octanol–water partition coefficient (Wildman–Crippen LogP) is 9.51. The Bertz CT molecular complexity index is 1260. The minimum atomic E-state index is -0.170. The molecule has 2 aliphatic rings. The number of allylic oxidation sites excluding steroid dienone is 4. The Balaban J connectivity index is 0.000000193. The van der Waals surface area contributed by atoms with Crippen LogP contribution in [0.15, 0.2) is 71.8 Å². The molecule has 0 radical (unpaired) electrons. The third-order valence-corrected chi connectivity index (χ3v) is 7.92. The Morgan fingerprint density at radius 3 is 1.95 bits per heavy atom. The van der Waals surface area contributed by atoms with Gasteiger partial charge in [0, 0.05) is 0 Å². The third-order valence-electron chi connectivity index (χ3n) is 7.10. The average Bonchev–Trinajstić information content (AvgIpc) is 3.35. The molecule has 3 aromatic carbocycles. The Morgan fingerprint density at radius 2 is 1.47 bits per heavy atom. The number of benzene rings is 3. The van der Waals surface area contributed by atoms with E-state index in [0.717, 1.165) is 12.0 Å². The summed E-state index contributed by atoms with van der Waals surface area (Å²) >= 11 is 1.34. The first kappa shape index (κ1) is 30.4. The molecule has 196 valence electrons. The molecule has 0 bridgehead atoms. The van der Waals surface area contributed by atoms with Gasteiger partial charge in [-0.15, -0.1) is 12.5 Å². The summed E-state index contributed by atoms with van der Waals surface area (Å²) in [7, 11) is 0. The van der Waals surface area contributed by atoms with Crippen molar-refractivity contribution in [3.63, 3.8) is 0 Å². The zero-order chi connectivity index (χ0) is 28.3. The molecule has 0 N–H and O–H groups in total. The summed E-state index contributed by atoms with van der Waals surface area (Å²) in [6, 6.07) is 21.5. The Morgan fingerprint density at radius 1 is 0.868 bits per heavy atom. The van der Waals surface area contributed by atoms with Crippen molar-refractivity contribution in [3.05, 3.63) is 118 Å². The Kier molecular flexibility index (Phi) is 9.86. The van der Waals surface area contributed by atoms with Gasteiger partial charge in [0.2, 0.25) is 0 Å². The van der Waals surface area contributed by atoms with Crippen molar-refractivity contribution in [2.45, 2.75) is 79.6 Å². The fourth-order valence-corrected chi connectivity index (χ4v) is 5.01. The van der Waals surface area contributed by atoms with Crippen LogP contribution >= 0.6 is 0 Å². The van der Waals surface area contributed by atoms with E-state index in [1.165, 1.54) is 80.9 Å². The van der Waals surface area contributed by atoms with E-state index in [1.807, 2.05) is 3.71 Å². The molecule has 1 unspecified atom stereocenters. The van der Waals surface area contributed by atoms with E-state index in [9.17, 15) is 4.39 Å². The summed E-state index contributed by atoms with van der Waals surface area (Å²) in [5.41, 5.74) is 12.6. The molecule has 3 aromatic rings. The summed E-state index contributed by atoms with van der Waals surface area (Å²) in [6.45, 7) is 20.0. The fraction of sp³-hybridized carbons (Fsp3) is 0.361. The van der Waals surface area contributed by atoms with Crippen LogP contribution in [0.1, 0.15) is 90.1 Å². The standard InChI is InChI=1S/C21H25.C8H11.C7H5F.Zr/c1-20(2,3)16-9-7-14-11-15-8-10-17(21(4,5)6)13-19(15)18(14)12-16;1-6-4-7(2)8(3)5-6;1-6-2-4-7(8)5-3-6;/h7,9-10,12-13H,11H2,1-6H3;4,6H,1-3H3;1-5H;/q2*-1;;+2. The van der Waals surface area contributed by atoms with E-state index in [0.29, 0.717) is 5.92 Å². The molecule has 2 heteroatoms. The second-order valence-corrected chi connectivity index (χ2v) is 13.1. The monoisotopic (exact) mass is 582 g/mol. The molecule has 1 atom stereocenters. The molecule has 0 aromatic heterocycles. The van der Waals surface area contributed by atoms with E-state index in [-0.39, 0.29) is 16.6 Å². The van der Waals surface area contributed by atoms with Crippen LogP contribution < -0.4 is 0 Å². The minimum absolute atomic E-state index is 0.170. The van der Waals surface area contributed by atoms with Gasteiger partial charge in [0.05, 0.1) is 0 Å². The Labute approximate surface area is 245 Å². The molecule has 0 spiro atoms. The van der Waals surface area contributed by atoms with Crippen LogP contribution in [0.25, 0.3) is 11.1 Å². The summed E-state index contributed by atoms with van der Waals surface area (Å²) in [5.74, 6) is 0.381. The van der Waals surface area contributed by atoms with Gasteiger partial charge in [0.1, 0.15) is 0 Å². The van der Waals surface area contributed by atoms with Crippen molar-refractivity contribution in [1.29, 1.82) is 0 Å². The quantitative estimate of drug-likeness (QED) is 0.196. The molecule has 0 fully saturated rings. The van der Waals surface area contributed by atoms with Crippen LogP contribution in [0.3, 0.4) is 0 Å². The number of hydrogen-bond donors (Lipinski definition) is 0. The van der Waals surface area contributed by atoms with E-state index < -0.39 is 0 Å².